The Morgan fingerprint density at radius 2 is 0.604 bits per heavy atom. The quantitative estimate of drug-likeness (QED) is 0.0475. The van der Waals surface area contributed by atoms with Crippen LogP contribution < -0.4 is 0 Å². The van der Waals surface area contributed by atoms with Crippen LogP contribution in [0.5, 0.6) is 0 Å². The van der Waals surface area contributed by atoms with Crippen LogP contribution in [0, 0.1) is 5.92 Å². The fourth-order valence-corrected chi connectivity index (χ4v) is 7.27. The van der Waals surface area contributed by atoms with Gasteiger partial charge in [0.2, 0.25) is 0 Å². The van der Waals surface area contributed by atoms with Crippen molar-refractivity contribution in [3.63, 3.8) is 0 Å². The van der Waals surface area contributed by atoms with Gasteiger partial charge in [0.15, 0.2) is 0 Å². The minimum atomic E-state index is 0.0263. The monoisotopic (exact) mass is 677 g/mol. The van der Waals surface area contributed by atoms with Crippen LogP contribution in [-0.4, -0.2) is 12.6 Å². The predicted molar refractivity (Wildman–Crippen MR) is 216 cm³/mol. The number of ether oxygens (including phenoxy) is 1. The first-order valence-corrected chi connectivity index (χ1v) is 22.8. The van der Waals surface area contributed by atoms with Crippen molar-refractivity contribution in [2.24, 2.45) is 5.92 Å². The van der Waals surface area contributed by atoms with Crippen LogP contribution in [0.1, 0.15) is 278 Å². The van der Waals surface area contributed by atoms with Gasteiger partial charge in [-0.1, -0.05) is 258 Å². The van der Waals surface area contributed by atoms with Crippen molar-refractivity contribution in [2.75, 3.05) is 6.61 Å². The molecular formula is C46H92O2. The van der Waals surface area contributed by atoms with Gasteiger partial charge >= 0.3 is 5.97 Å². The molecule has 0 fully saturated rings. The molecule has 0 aromatic rings. The maximum Gasteiger partial charge on any atom is 0.305 e. The van der Waals surface area contributed by atoms with Crippen LogP contribution >= 0.6 is 0 Å². The number of carbonyl (C=O) groups is 1. The van der Waals surface area contributed by atoms with Gasteiger partial charge in [-0.25, -0.2) is 0 Å². The van der Waals surface area contributed by atoms with E-state index in [1.807, 2.05) is 0 Å². The second kappa shape index (κ2) is 42.6. The first-order chi connectivity index (χ1) is 23.7. The molecule has 0 radical (unpaired) electrons. The maximum absolute atomic E-state index is 11.9. The molecule has 0 aromatic heterocycles. The number of hydrogen-bond acceptors (Lipinski definition) is 2. The van der Waals surface area contributed by atoms with Gasteiger partial charge in [0, 0.05) is 6.42 Å². The van der Waals surface area contributed by atoms with Crippen LogP contribution in [0.4, 0.5) is 0 Å². The van der Waals surface area contributed by atoms with E-state index in [-0.39, 0.29) is 5.97 Å². The minimum absolute atomic E-state index is 0.0263. The van der Waals surface area contributed by atoms with E-state index < -0.39 is 0 Å². The molecule has 0 aromatic carbocycles. The third kappa shape index (κ3) is 43.5. The van der Waals surface area contributed by atoms with E-state index in [0.717, 1.165) is 18.8 Å². The molecule has 0 heterocycles. The summed E-state index contributed by atoms with van der Waals surface area (Å²) in [5.74, 6) is 0.916. The molecule has 0 spiro atoms. The van der Waals surface area contributed by atoms with Gasteiger partial charge in [0.05, 0.1) is 6.61 Å². The number of unbranched alkanes of at least 4 members (excludes halogenated alkanes) is 36. The summed E-state index contributed by atoms with van der Waals surface area (Å²) >= 11 is 0. The van der Waals surface area contributed by atoms with Crippen LogP contribution in [0.25, 0.3) is 0 Å². The van der Waals surface area contributed by atoms with E-state index in [4.69, 9.17) is 4.74 Å². The predicted octanol–water partition coefficient (Wildman–Crippen LogP) is 16.8. The summed E-state index contributed by atoms with van der Waals surface area (Å²) in [5.41, 5.74) is 0. The first kappa shape index (κ1) is 47.5. The average molecular weight is 677 g/mol. The molecule has 0 aliphatic carbocycles. The molecule has 0 aliphatic heterocycles. The molecule has 0 saturated carbocycles. The van der Waals surface area contributed by atoms with Gasteiger partial charge < -0.3 is 4.74 Å². The third-order valence-corrected chi connectivity index (χ3v) is 10.7. The van der Waals surface area contributed by atoms with E-state index in [1.54, 1.807) is 0 Å². The van der Waals surface area contributed by atoms with Crippen LogP contribution in [-0.2, 0) is 9.53 Å². The molecule has 0 atom stereocenters. The van der Waals surface area contributed by atoms with Crippen molar-refractivity contribution < 1.29 is 9.53 Å². The molecule has 48 heavy (non-hydrogen) atoms. The summed E-state index contributed by atoms with van der Waals surface area (Å²) in [6.07, 6.45) is 55.1. The first-order valence-electron chi connectivity index (χ1n) is 22.8. The summed E-state index contributed by atoms with van der Waals surface area (Å²) in [6, 6.07) is 0. The topological polar surface area (TPSA) is 26.3 Å². The van der Waals surface area contributed by atoms with Crippen molar-refractivity contribution >= 4 is 5.97 Å². The van der Waals surface area contributed by atoms with Gasteiger partial charge in [0.1, 0.15) is 0 Å². The lowest BCUT2D eigenvalue weighted by Gasteiger charge is -2.06. The fraction of sp³-hybridized carbons (Fsp3) is 0.978. The molecule has 2 nitrogen and oxygen atoms in total. The lowest BCUT2D eigenvalue weighted by atomic mass is 10.0. The zero-order valence-electron chi connectivity index (χ0n) is 33.9. The van der Waals surface area contributed by atoms with E-state index in [9.17, 15) is 4.79 Å². The Kier molecular flexibility index (Phi) is 42.2. The summed E-state index contributed by atoms with van der Waals surface area (Å²) in [5, 5.41) is 0. The van der Waals surface area contributed by atoms with Crippen LogP contribution in [0.3, 0.4) is 0 Å². The molecule has 2 heteroatoms. The van der Waals surface area contributed by atoms with E-state index in [0.29, 0.717) is 13.0 Å². The Morgan fingerprint density at radius 3 is 0.896 bits per heavy atom. The summed E-state index contributed by atoms with van der Waals surface area (Å²) in [7, 11) is 0. The highest BCUT2D eigenvalue weighted by molar-refractivity contribution is 5.69. The van der Waals surface area contributed by atoms with Gasteiger partial charge in [-0.05, 0) is 18.8 Å². The van der Waals surface area contributed by atoms with Crippen molar-refractivity contribution in [2.45, 2.75) is 278 Å². The largest absolute Gasteiger partial charge is 0.466 e. The van der Waals surface area contributed by atoms with E-state index in [2.05, 4.69) is 20.8 Å². The van der Waals surface area contributed by atoms with Crippen molar-refractivity contribution in [1.29, 1.82) is 0 Å². The highest BCUT2D eigenvalue weighted by Crippen LogP contribution is 2.17. The van der Waals surface area contributed by atoms with Crippen molar-refractivity contribution in [3.8, 4) is 0 Å². The third-order valence-electron chi connectivity index (χ3n) is 10.7. The Morgan fingerprint density at radius 1 is 0.354 bits per heavy atom. The van der Waals surface area contributed by atoms with Crippen molar-refractivity contribution in [1.82, 2.24) is 0 Å². The fourth-order valence-electron chi connectivity index (χ4n) is 7.27. The zero-order valence-corrected chi connectivity index (χ0v) is 33.9. The van der Waals surface area contributed by atoms with Gasteiger partial charge in [0.25, 0.3) is 0 Å². The highest BCUT2D eigenvalue weighted by Gasteiger charge is 2.03. The van der Waals surface area contributed by atoms with Crippen LogP contribution in [0.2, 0.25) is 0 Å². The molecule has 0 bridgehead atoms. The maximum atomic E-state index is 11.9. The second-order valence-corrected chi connectivity index (χ2v) is 16.2. The highest BCUT2D eigenvalue weighted by atomic mass is 16.5. The molecular weight excluding hydrogens is 585 g/mol. The Bertz CT molecular complexity index is 585. The SMILES string of the molecule is CCCCCCCCCCCC(=O)OCCCCCCCCCCCCCCCCCCCCCCCCCCCCCCCC(C)C. The van der Waals surface area contributed by atoms with Crippen LogP contribution in [0.15, 0.2) is 0 Å². The molecule has 288 valence electrons. The van der Waals surface area contributed by atoms with Gasteiger partial charge in [-0.3, -0.25) is 4.79 Å². The normalized spacial score (nSPS) is 11.6. The van der Waals surface area contributed by atoms with Gasteiger partial charge in [-0.15, -0.1) is 0 Å². The molecule has 0 N–H and O–H groups in total. The lowest BCUT2D eigenvalue weighted by Crippen LogP contribution is -2.05. The lowest BCUT2D eigenvalue weighted by molar-refractivity contribution is -0.143. The number of hydrogen-bond donors (Lipinski definition) is 0. The zero-order chi connectivity index (χ0) is 34.9. The van der Waals surface area contributed by atoms with Crippen molar-refractivity contribution in [3.05, 3.63) is 0 Å². The molecule has 0 rings (SSSR count). The average Bonchev–Trinajstić information content (AvgIpc) is 3.08. The standard InChI is InChI=1S/C46H92O2/c1-4-5-6-7-8-30-34-37-40-43-46(47)48-44-41-38-35-32-29-27-25-23-21-19-17-15-13-11-9-10-12-14-16-18-20-22-24-26-28-31-33-36-39-42-45(2)3/h45H,4-44H2,1-3H3. The van der Waals surface area contributed by atoms with E-state index in [1.165, 1.54) is 238 Å². The molecule has 0 amide bonds. The van der Waals surface area contributed by atoms with E-state index >= 15 is 0 Å². The van der Waals surface area contributed by atoms with Gasteiger partial charge in [-0.2, -0.15) is 0 Å². The summed E-state index contributed by atoms with van der Waals surface area (Å²) in [6.45, 7) is 7.60. The number of rotatable bonds is 42. The molecule has 0 aliphatic rings. The molecule has 0 unspecified atom stereocenters. The Labute approximate surface area is 304 Å². The number of carbonyl (C=O) groups excluding carboxylic acids is 1. The second-order valence-electron chi connectivity index (χ2n) is 16.2. The number of esters is 1. The molecule has 0 saturated heterocycles. The smallest absolute Gasteiger partial charge is 0.305 e. The summed E-state index contributed by atoms with van der Waals surface area (Å²) < 4.78 is 5.44. The Hall–Kier alpha value is -0.530. The summed E-state index contributed by atoms with van der Waals surface area (Å²) in [4.78, 5) is 11.9. The minimum Gasteiger partial charge on any atom is -0.466 e. The Balaban J connectivity index is 3.11.